The maximum atomic E-state index is 13.3. The highest BCUT2D eigenvalue weighted by Gasteiger charge is 2.47. The van der Waals surface area contributed by atoms with Crippen molar-refractivity contribution in [3.05, 3.63) is 44.9 Å². The van der Waals surface area contributed by atoms with E-state index in [0.717, 1.165) is 10.6 Å². The summed E-state index contributed by atoms with van der Waals surface area (Å²) in [6.07, 6.45) is 0.538. The fourth-order valence-electron chi connectivity index (χ4n) is 3.90. The predicted molar refractivity (Wildman–Crippen MR) is 101 cm³/mol. The van der Waals surface area contributed by atoms with E-state index in [1.165, 1.54) is 18.4 Å². The standard InChI is InChI=1S/C20H23NO5S/c1-5-26-20(24)15-11(3)21-12-9-10(2)14(19(23)25-4)18(22)16(12)17(15)13-7-6-8-27-13/h6-8,10,14,17,21H,5,9H2,1-4H3/t10-,14-,17-/m0/s1. The third-order valence-electron chi connectivity index (χ3n) is 5.07. The lowest BCUT2D eigenvalue weighted by atomic mass is 9.70. The number of Topliss-reactive ketones (excluding diaryl/α,β-unsaturated/α-hetero) is 1. The Hall–Kier alpha value is -2.41. The summed E-state index contributed by atoms with van der Waals surface area (Å²) in [4.78, 5) is 39.2. The molecule has 144 valence electrons. The molecule has 0 amide bonds. The van der Waals surface area contributed by atoms with Crippen molar-refractivity contribution >= 4 is 29.1 Å². The van der Waals surface area contributed by atoms with Crippen LogP contribution in [-0.4, -0.2) is 31.4 Å². The molecule has 0 bridgehead atoms. The van der Waals surface area contributed by atoms with Crippen LogP contribution in [0.2, 0.25) is 0 Å². The highest BCUT2D eigenvalue weighted by molar-refractivity contribution is 7.10. The average molecular weight is 389 g/mol. The molecule has 1 aliphatic heterocycles. The second-order valence-corrected chi connectivity index (χ2v) is 7.75. The molecule has 1 aromatic heterocycles. The van der Waals surface area contributed by atoms with Gasteiger partial charge < -0.3 is 14.8 Å². The van der Waals surface area contributed by atoms with Crippen molar-refractivity contribution in [1.29, 1.82) is 0 Å². The Morgan fingerprint density at radius 1 is 1.37 bits per heavy atom. The number of hydrogen-bond acceptors (Lipinski definition) is 7. The van der Waals surface area contributed by atoms with Crippen molar-refractivity contribution in [3.63, 3.8) is 0 Å². The number of carbonyl (C=O) groups is 3. The van der Waals surface area contributed by atoms with Gasteiger partial charge in [-0.3, -0.25) is 9.59 Å². The number of carbonyl (C=O) groups excluding carboxylic acids is 3. The summed E-state index contributed by atoms with van der Waals surface area (Å²) in [7, 11) is 1.29. The van der Waals surface area contributed by atoms with Crippen molar-refractivity contribution < 1.29 is 23.9 Å². The Kier molecular flexibility index (Phi) is 5.51. The largest absolute Gasteiger partial charge is 0.468 e. The van der Waals surface area contributed by atoms with Crippen molar-refractivity contribution in [3.8, 4) is 0 Å². The quantitative estimate of drug-likeness (QED) is 0.630. The first-order valence-corrected chi connectivity index (χ1v) is 9.82. The van der Waals surface area contributed by atoms with Crippen molar-refractivity contribution in [2.75, 3.05) is 13.7 Å². The third kappa shape index (κ3) is 3.32. The minimum absolute atomic E-state index is 0.183. The van der Waals surface area contributed by atoms with Gasteiger partial charge in [0.15, 0.2) is 5.78 Å². The SMILES string of the molecule is CCOC(=O)C1=C(C)NC2=C(C(=O)[C@@H](C(=O)OC)[C@@H](C)C2)[C@H]1c1cccs1. The highest BCUT2D eigenvalue weighted by atomic mass is 32.1. The van der Waals surface area contributed by atoms with Gasteiger partial charge in [-0.1, -0.05) is 13.0 Å². The first-order chi connectivity index (χ1) is 12.9. The summed E-state index contributed by atoms with van der Waals surface area (Å²) >= 11 is 1.47. The van der Waals surface area contributed by atoms with E-state index in [4.69, 9.17) is 9.47 Å². The molecule has 0 saturated heterocycles. The zero-order valence-corrected chi connectivity index (χ0v) is 16.6. The molecule has 27 heavy (non-hydrogen) atoms. The lowest BCUT2D eigenvalue weighted by Crippen LogP contribution is -2.43. The number of nitrogens with one attached hydrogen (secondary N) is 1. The van der Waals surface area contributed by atoms with Gasteiger partial charge in [-0.15, -0.1) is 11.3 Å². The molecule has 0 spiro atoms. The summed E-state index contributed by atoms with van der Waals surface area (Å²) in [6.45, 7) is 5.67. The Morgan fingerprint density at radius 3 is 2.70 bits per heavy atom. The summed E-state index contributed by atoms with van der Waals surface area (Å²) in [6, 6.07) is 3.78. The molecule has 0 aromatic carbocycles. The van der Waals surface area contributed by atoms with Crippen LogP contribution in [0.25, 0.3) is 0 Å². The van der Waals surface area contributed by atoms with Crippen LogP contribution in [0.1, 0.15) is 38.0 Å². The van der Waals surface area contributed by atoms with Gasteiger partial charge in [0.2, 0.25) is 0 Å². The number of hydrogen-bond donors (Lipinski definition) is 1. The van der Waals surface area contributed by atoms with Gasteiger partial charge in [-0.05, 0) is 37.6 Å². The first kappa shape index (κ1) is 19.4. The van der Waals surface area contributed by atoms with E-state index in [-0.39, 0.29) is 18.3 Å². The van der Waals surface area contributed by atoms with E-state index < -0.39 is 23.8 Å². The molecule has 1 aliphatic carbocycles. The number of allylic oxidation sites excluding steroid dienone is 3. The Morgan fingerprint density at radius 2 is 2.11 bits per heavy atom. The van der Waals surface area contributed by atoms with Crippen LogP contribution in [0.5, 0.6) is 0 Å². The Bertz CT molecular complexity index is 837. The summed E-state index contributed by atoms with van der Waals surface area (Å²) in [5, 5.41) is 5.13. The predicted octanol–water partition coefficient (Wildman–Crippen LogP) is 2.92. The van der Waals surface area contributed by atoms with Gasteiger partial charge in [0, 0.05) is 21.8 Å². The van der Waals surface area contributed by atoms with Gasteiger partial charge in [0.05, 0.1) is 25.2 Å². The average Bonchev–Trinajstić information content (AvgIpc) is 3.14. The zero-order chi connectivity index (χ0) is 19.7. The Balaban J connectivity index is 2.14. The second-order valence-electron chi connectivity index (χ2n) is 6.77. The van der Waals surface area contributed by atoms with E-state index in [9.17, 15) is 14.4 Å². The molecular formula is C20H23NO5S. The van der Waals surface area contributed by atoms with Crippen LogP contribution in [0.4, 0.5) is 0 Å². The normalized spacial score (nSPS) is 25.0. The molecule has 2 heterocycles. The van der Waals surface area contributed by atoms with E-state index in [1.807, 2.05) is 31.4 Å². The molecule has 3 atom stereocenters. The van der Waals surface area contributed by atoms with E-state index in [0.29, 0.717) is 23.3 Å². The maximum Gasteiger partial charge on any atom is 0.336 e. The molecule has 6 nitrogen and oxygen atoms in total. The second kappa shape index (κ2) is 7.68. The van der Waals surface area contributed by atoms with Crippen molar-refractivity contribution in [2.45, 2.75) is 33.1 Å². The highest BCUT2D eigenvalue weighted by Crippen LogP contribution is 2.46. The van der Waals surface area contributed by atoms with Crippen LogP contribution in [0, 0.1) is 11.8 Å². The fourth-order valence-corrected chi connectivity index (χ4v) is 4.74. The number of ether oxygens (including phenoxy) is 2. The number of methoxy groups -OCH3 is 1. The molecule has 0 saturated carbocycles. The number of ketones is 1. The molecule has 0 fully saturated rings. The third-order valence-corrected chi connectivity index (χ3v) is 6.00. The van der Waals surface area contributed by atoms with Crippen LogP contribution in [0.3, 0.4) is 0 Å². The molecular weight excluding hydrogens is 366 g/mol. The summed E-state index contributed by atoms with van der Waals surface area (Å²) in [5.41, 5.74) is 2.35. The molecule has 7 heteroatoms. The monoisotopic (exact) mass is 389 g/mol. The molecule has 0 radical (unpaired) electrons. The Labute approximate surface area is 162 Å². The van der Waals surface area contributed by atoms with Crippen molar-refractivity contribution in [1.82, 2.24) is 5.32 Å². The number of thiophene rings is 1. The summed E-state index contributed by atoms with van der Waals surface area (Å²) < 4.78 is 10.1. The molecule has 0 unspecified atom stereocenters. The van der Waals surface area contributed by atoms with Gasteiger partial charge in [-0.25, -0.2) is 4.79 Å². The van der Waals surface area contributed by atoms with Gasteiger partial charge in [-0.2, -0.15) is 0 Å². The van der Waals surface area contributed by atoms with Crippen LogP contribution < -0.4 is 5.32 Å². The first-order valence-electron chi connectivity index (χ1n) is 8.94. The minimum atomic E-state index is -0.861. The van der Waals surface area contributed by atoms with E-state index in [2.05, 4.69) is 5.32 Å². The van der Waals surface area contributed by atoms with Gasteiger partial charge in [0.25, 0.3) is 0 Å². The van der Waals surface area contributed by atoms with E-state index >= 15 is 0 Å². The summed E-state index contributed by atoms with van der Waals surface area (Å²) in [5.74, 6) is -2.85. The van der Waals surface area contributed by atoms with Crippen LogP contribution >= 0.6 is 11.3 Å². The number of rotatable bonds is 4. The van der Waals surface area contributed by atoms with Crippen molar-refractivity contribution in [2.24, 2.45) is 11.8 Å². The molecule has 2 aliphatic rings. The van der Waals surface area contributed by atoms with Gasteiger partial charge >= 0.3 is 11.9 Å². The van der Waals surface area contributed by atoms with E-state index in [1.54, 1.807) is 6.92 Å². The molecule has 3 rings (SSSR count). The smallest absolute Gasteiger partial charge is 0.336 e. The molecule has 1 aromatic rings. The van der Waals surface area contributed by atoms with Crippen LogP contribution in [0.15, 0.2) is 40.1 Å². The molecule has 1 N–H and O–H groups in total. The maximum absolute atomic E-state index is 13.3. The zero-order valence-electron chi connectivity index (χ0n) is 15.8. The topological polar surface area (TPSA) is 81.7 Å². The fraction of sp³-hybridized carbons (Fsp3) is 0.450. The number of dihydropyridines is 1. The van der Waals surface area contributed by atoms with Crippen LogP contribution in [-0.2, 0) is 23.9 Å². The minimum Gasteiger partial charge on any atom is -0.468 e. The number of esters is 2. The lowest BCUT2D eigenvalue weighted by Gasteiger charge is -2.37. The van der Waals surface area contributed by atoms with Gasteiger partial charge in [0.1, 0.15) is 5.92 Å². The lowest BCUT2D eigenvalue weighted by molar-refractivity contribution is -0.151.